The number of amides is 1. The van der Waals surface area contributed by atoms with E-state index < -0.39 is 0 Å². The van der Waals surface area contributed by atoms with Crippen molar-refractivity contribution in [1.29, 1.82) is 0 Å². The molecule has 0 unspecified atom stereocenters. The van der Waals surface area contributed by atoms with Crippen molar-refractivity contribution in [2.45, 2.75) is 19.3 Å². The molecule has 27 heavy (non-hydrogen) atoms. The average Bonchev–Trinajstić information content (AvgIpc) is 3.15. The van der Waals surface area contributed by atoms with Crippen LogP contribution in [0.15, 0.2) is 42.7 Å². The van der Waals surface area contributed by atoms with E-state index in [-0.39, 0.29) is 11.7 Å². The number of ether oxygens (including phenoxy) is 1. The number of carbonyl (C=O) groups is 1. The van der Waals surface area contributed by atoms with Crippen LogP contribution >= 0.6 is 0 Å². The fourth-order valence-electron chi connectivity index (χ4n) is 3.13. The zero-order valence-corrected chi connectivity index (χ0v) is 15.0. The van der Waals surface area contributed by atoms with Gasteiger partial charge in [0.05, 0.1) is 0 Å². The van der Waals surface area contributed by atoms with Crippen LogP contribution in [-0.2, 0) is 0 Å². The second-order valence-corrected chi connectivity index (χ2v) is 6.53. The molecule has 1 N–H and O–H groups in total. The predicted octanol–water partition coefficient (Wildman–Crippen LogP) is 2.24. The third kappa shape index (κ3) is 4.40. The van der Waals surface area contributed by atoms with Gasteiger partial charge in [-0.3, -0.25) is 9.69 Å². The van der Waals surface area contributed by atoms with E-state index in [1.54, 1.807) is 18.5 Å². The molecule has 0 atom stereocenters. The molecule has 140 valence electrons. The third-order valence-corrected chi connectivity index (χ3v) is 4.56. The van der Waals surface area contributed by atoms with Crippen molar-refractivity contribution in [2.75, 3.05) is 31.6 Å². The molecule has 1 fully saturated rings. The smallest absolute Gasteiger partial charge is 0.295 e. The molecule has 1 aliphatic rings. The molecule has 0 bridgehead atoms. The largest absolute Gasteiger partial charge is 0.492 e. The molecule has 0 spiro atoms. The lowest BCUT2D eigenvalue weighted by Crippen LogP contribution is -2.33. The van der Waals surface area contributed by atoms with E-state index >= 15 is 0 Å². The van der Waals surface area contributed by atoms with Crippen LogP contribution in [0.3, 0.4) is 0 Å². The molecule has 8 nitrogen and oxygen atoms in total. The number of aromatic nitrogens is 4. The maximum atomic E-state index is 12.3. The van der Waals surface area contributed by atoms with Crippen LogP contribution in [0.1, 0.15) is 29.9 Å². The van der Waals surface area contributed by atoms with E-state index in [9.17, 15) is 4.79 Å². The second-order valence-electron chi connectivity index (χ2n) is 6.53. The molecular weight excluding hydrogens is 344 g/mol. The summed E-state index contributed by atoms with van der Waals surface area (Å²) in [5, 5.41) is 6.90. The standard InChI is InChI=1S/C19H22N6O2/c26-18(17-22-19-20-9-4-12-25(19)23-17)21-15-5-7-16(8-6-15)27-14-13-24-10-2-1-3-11-24/h4-9,12H,1-3,10-11,13-14H2,(H,21,26). The van der Waals surface area contributed by atoms with Crippen molar-refractivity contribution in [3.8, 4) is 5.75 Å². The first-order chi connectivity index (χ1) is 13.3. The number of nitrogens with one attached hydrogen (secondary N) is 1. The minimum absolute atomic E-state index is 0.0792. The van der Waals surface area contributed by atoms with E-state index in [1.807, 2.05) is 24.3 Å². The predicted molar refractivity (Wildman–Crippen MR) is 101 cm³/mol. The summed E-state index contributed by atoms with van der Waals surface area (Å²) in [5.74, 6) is 0.884. The van der Waals surface area contributed by atoms with E-state index in [0.717, 1.165) is 12.3 Å². The van der Waals surface area contributed by atoms with Crippen LogP contribution in [-0.4, -0.2) is 56.6 Å². The van der Waals surface area contributed by atoms with Gasteiger partial charge in [0, 0.05) is 24.6 Å². The SMILES string of the molecule is O=C(Nc1ccc(OCCN2CCCCC2)cc1)c1nc2ncccn2n1. The van der Waals surface area contributed by atoms with Crippen LogP contribution in [0.25, 0.3) is 5.78 Å². The van der Waals surface area contributed by atoms with Gasteiger partial charge in [-0.2, -0.15) is 4.98 Å². The first kappa shape index (κ1) is 17.4. The summed E-state index contributed by atoms with van der Waals surface area (Å²) >= 11 is 0. The number of likely N-dealkylation sites (tertiary alicyclic amines) is 1. The Kier molecular flexibility index (Phi) is 5.24. The number of rotatable bonds is 6. The Morgan fingerprint density at radius 3 is 2.74 bits per heavy atom. The van der Waals surface area contributed by atoms with Crippen LogP contribution in [0.4, 0.5) is 5.69 Å². The zero-order valence-electron chi connectivity index (χ0n) is 15.0. The van der Waals surface area contributed by atoms with Crippen molar-refractivity contribution in [3.63, 3.8) is 0 Å². The van der Waals surface area contributed by atoms with Crippen LogP contribution in [0.2, 0.25) is 0 Å². The highest BCUT2D eigenvalue weighted by Gasteiger charge is 2.13. The van der Waals surface area contributed by atoms with Gasteiger partial charge in [-0.15, -0.1) is 5.10 Å². The van der Waals surface area contributed by atoms with E-state index in [1.165, 1.54) is 36.9 Å². The number of piperidine rings is 1. The number of hydrogen-bond donors (Lipinski definition) is 1. The number of carbonyl (C=O) groups excluding carboxylic acids is 1. The Labute approximate surface area is 157 Å². The molecule has 2 aromatic heterocycles. The highest BCUT2D eigenvalue weighted by Crippen LogP contribution is 2.16. The summed E-state index contributed by atoms with van der Waals surface area (Å²) in [4.78, 5) is 22.9. The van der Waals surface area contributed by atoms with Crippen LogP contribution in [0.5, 0.6) is 5.75 Å². The van der Waals surface area contributed by atoms with Gasteiger partial charge in [-0.05, 0) is 56.3 Å². The van der Waals surface area contributed by atoms with Gasteiger partial charge >= 0.3 is 0 Å². The molecule has 0 radical (unpaired) electrons. The van der Waals surface area contributed by atoms with Gasteiger partial charge < -0.3 is 10.1 Å². The average molecular weight is 366 g/mol. The molecule has 1 amide bonds. The van der Waals surface area contributed by atoms with Crippen molar-refractivity contribution >= 4 is 17.4 Å². The van der Waals surface area contributed by atoms with Crippen molar-refractivity contribution < 1.29 is 9.53 Å². The molecule has 3 heterocycles. The zero-order chi connectivity index (χ0) is 18.5. The first-order valence-electron chi connectivity index (χ1n) is 9.22. The molecule has 0 aliphatic carbocycles. The first-order valence-corrected chi connectivity index (χ1v) is 9.22. The van der Waals surface area contributed by atoms with Gasteiger partial charge in [0.1, 0.15) is 12.4 Å². The Bertz CT molecular complexity index is 869. The van der Waals surface area contributed by atoms with Gasteiger partial charge in [-0.1, -0.05) is 6.42 Å². The van der Waals surface area contributed by atoms with Gasteiger partial charge in [0.2, 0.25) is 5.82 Å². The topological polar surface area (TPSA) is 84.6 Å². The monoisotopic (exact) mass is 366 g/mol. The minimum atomic E-state index is -0.376. The van der Waals surface area contributed by atoms with Gasteiger partial charge in [0.15, 0.2) is 0 Å². The van der Waals surface area contributed by atoms with Crippen molar-refractivity contribution in [3.05, 3.63) is 48.5 Å². The Balaban J connectivity index is 1.29. The van der Waals surface area contributed by atoms with E-state index in [2.05, 4.69) is 25.3 Å². The fraction of sp³-hybridized carbons (Fsp3) is 0.368. The Morgan fingerprint density at radius 1 is 1.15 bits per heavy atom. The summed E-state index contributed by atoms with van der Waals surface area (Å²) in [6, 6.07) is 9.05. The van der Waals surface area contributed by atoms with Crippen LogP contribution < -0.4 is 10.1 Å². The lowest BCUT2D eigenvalue weighted by Gasteiger charge is -2.26. The molecular formula is C19H22N6O2. The molecule has 0 saturated carbocycles. The number of fused-ring (bicyclic) bond motifs is 1. The molecule has 1 aromatic carbocycles. The Morgan fingerprint density at radius 2 is 1.96 bits per heavy atom. The van der Waals surface area contributed by atoms with E-state index in [4.69, 9.17) is 4.74 Å². The number of benzene rings is 1. The molecule has 1 aliphatic heterocycles. The number of nitrogens with zero attached hydrogens (tertiary/aromatic N) is 5. The highest BCUT2D eigenvalue weighted by atomic mass is 16.5. The summed E-state index contributed by atoms with van der Waals surface area (Å²) < 4.78 is 7.27. The summed E-state index contributed by atoms with van der Waals surface area (Å²) in [6.45, 7) is 3.96. The van der Waals surface area contributed by atoms with E-state index in [0.29, 0.717) is 18.1 Å². The van der Waals surface area contributed by atoms with Crippen molar-refractivity contribution in [2.24, 2.45) is 0 Å². The highest BCUT2D eigenvalue weighted by molar-refractivity contribution is 6.01. The summed E-state index contributed by atoms with van der Waals surface area (Å²) in [6.07, 6.45) is 7.21. The summed E-state index contributed by atoms with van der Waals surface area (Å²) in [5.41, 5.74) is 0.662. The fourth-order valence-corrected chi connectivity index (χ4v) is 3.13. The molecule has 1 saturated heterocycles. The lowest BCUT2D eigenvalue weighted by molar-refractivity contribution is 0.101. The maximum absolute atomic E-state index is 12.3. The van der Waals surface area contributed by atoms with Gasteiger partial charge in [-0.25, -0.2) is 9.50 Å². The third-order valence-electron chi connectivity index (χ3n) is 4.56. The second kappa shape index (κ2) is 8.13. The molecule has 4 rings (SSSR count). The number of anilines is 1. The van der Waals surface area contributed by atoms with Gasteiger partial charge in [0.25, 0.3) is 11.7 Å². The molecule has 8 heteroatoms. The normalized spacial score (nSPS) is 15.0. The Hall–Kier alpha value is -3.00. The van der Waals surface area contributed by atoms with Crippen LogP contribution in [0, 0.1) is 0 Å². The molecule has 3 aromatic rings. The lowest BCUT2D eigenvalue weighted by atomic mass is 10.1. The van der Waals surface area contributed by atoms with Crippen molar-refractivity contribution in [1.82, 2.24) is 24.5 Å². The minimum Gasteiger partial charge on any atom is -0.492 e. The number of hydrogen-bond acceptors (Lipinski definition) is 6. The summed E-state index contributed by atoms with van der Waals surface area (Å²) in [7, 11) is 0. The quantitative estimate of drug-likeness (QED) is 0.720. The maximum Gasteiger partial charge on any atom is 0.295 e.